The van der Waals surface area contributed by atoms with Crippen LogP contribution in [0.1, 0.15) is 29.1 Å². The number of nitrogens with two attached hydrogens (primary N) is 1. The Hall–Kier alpha value is -1.38. The van der Waals surface area contributed by atoms with E-state index in [-0.39, 0.29) is 16.8 Å². The molecule has 21 heavy (non-hydrogen) atoms. The molecule has 0 saturated carbocycles. The normalized spacial score (nSPS) is 19.7. The molecule has 2 aromatic rings. The van der Waals surface area contributed by atoms with E-state index in [4.69, 9.17) is 5.73 Å². The number of anilines is 1. The third-order valence-electron chi connectivity index (χ3n) is 4.09. The molecule has 8 heteroatoms. The Morgan fingerprint density at radius 2 is 2.19 bits per heavy atom. The van der Waals surface area contributed by atoms with Crippen LogP contribution in [0.25, 0.3) is 0 Å². The SMILES string of the molecule is Cc1c(S(=O)(=O)N2CCc3sccc3C2C)c(N)nn1C. The summed E-state index contributed by atoms with van der Waals surface area (Å²) in [5, 5.41) is 6.04. The minimum Gasteiger partial charge on any atom is -0.381 e. The molecule has 1 atom stereocenters. The molecule has 6 nitrogen and oxygen atoms in total. The predicted octanol–water partition coefficient (Wildman–Crippen LogP) is 1.68. The van der Waals surface area contributed by atoms with Crippen molar-refractivity contribution < 1.29 is 8.42 Å². The highest BCUT2D eigenvalue weighted by Crippen LogP contribution is 2.37. The van der Waals surface area contributed by atoms with Crippen LogP contribution < -0.4 is 5.73 Å². The molecule has 3 heterocycles. The Morgan fingerprint density at radius 1 is 1.48 bits per heavy atom. The van der Waals surface area contributed by atoms with Gasteiger partial charge < -0.3 is 5.73 Å². The van der Waals surface area contributed by atoms with Gasteiger partial charge in [-0.25, -0.2) is 8.42 Å². The Balaban J connectivity index is 2.08. The predicted molar refractivity (Wildman–Crippen MR) is 82.7 cm³/mol. The lowest BCUT2D eigenvalue weighted by Gasteiger charge is -2.32. The molecule has 1 unspecified atom stereocenters. The van der Waals surface area contributed by atoms with Crippen molar-refractivity contribution in [2.75, 3.05) is 12.3 Å². The standard InChI is InChI=1S/C13H18N4O2S2/c1-8-10-5-7-20-11(10)4-6-17(8)21(18,19)12-9(2)16(3)15-13(12)14/h5,7-8H,4,6H2,1-3H3,(H2,14,15). The van der Waals surface area contributed by atoms with Gasteiger partial charge in [-0.3, -0.25) is 4.68 Å². The first kappa shape index (κ1) is 14.6. The van der Waals surface area contributed by atoms with Gasteiger partial charge in [-0.05, 0) is 37.3 Å². The average Bonchev–Trinajstić information content (AvgIpc) is 2.96. The number of aromatic nitrogens is 2. The van der Waals surface area contributed by atoms with E-state index in [1.165, 1.54) is 13.9 Å². The van der Waals surface area contributed by atoms with Crippen molar-refractivity contribution in [2.45, 2.75) is 31.2 Å². The summed E-state index contributed by atoms with van der Waals surface area (Å²) in [6, 6.07) is 1.83. The van der Waals surface area contributed by atoms with Gasteiger partial charge in [0.15, 0.2) is 5.82 Å². The van der Waals surface area contributed by atoms with Gasteiger partial charge in [0.05, 0.1) is 5.69 Å². The number of nitrogen functional groups attached to an aromatic ring is 1. The summed E-state index contributed by atoms with van der Waals surface area (Å²) < 4.78 is 29.0. The Kier molecular flexibility index (Phi) is 3.34. The van der Waals surface area contributed by atoms with Gasteiger partial charge in [0, 0.05) is 24.5 Å². The van der Waals surface area contributed by atoms with Gasteiger partial charge in [-0.2, -0.15) is 9.40 Å². The van der Waals surface area contributed by atoms with Crippen LogP contribution >= 0.6 is 11.3 Å². The van der Waals surface area contributed by atoms with Gasteiger partial charge in [-0.15, -0.1) is 11.3 Å². The van der Waals surface area contributed by atoms with Crippen molar-refractivity contribution in [2.24, 2.45) is 7.05 Å². The molecule has 0 fully saturated rings. The first-order valence-electron chi connectivity index (χ1n) is 6.71. The molecule has 0 radical (unpaired) electrons. The van der Waals surface area contributed by atoms with Crippen LogP contribution in [0.5, 0.6) is 0 Å². The lowest BCUT2D eigenvalue weighted by Crippen LogP contribution is -2.38. The lowest BCUT2D eigenvalue weighted by atomic mass is 10.0. The lowest BCUT2D eigenvalue weighted by molar-refractivity contribution is 0.329. The first-order chi connectivity index (χ1) is 9.84. The highest BCUT2D eigenvalue weighted by Gasteiger charge is 2.37. The molecule has 2 aromatic heterocycles. The molecule has 0 aliphatic carbocycles. The number of aryl methyl sites for hydroxylation is 1. The molecule has 2 N–H and O–H groups in total. The molecule has 1 aliphatic heterocycles. The third kappa shape index (κ3) is 2.09. The number of sulfonamides is 1. The maximum absolute atomic E-state index is 13.0. The fourth-order valence-corrected chi connectivity index (χ4v) is 5.73. The minimum absolute atomic E-state index is 0.0679. The molecule has 0 spiro atoms. The molecular formula is C13H18N4O2S2. The van der Waals surface area contributed by atoms with Gasteiger partial charge in [0.1, 0.15) is 4.90 Å². The second-order valence-corrected chi connectivity index (χ2v) is 8.09. The van der Waals surface area contributed by atoms with E-state index in [2.05, 4.69) is 5.10 Å². The number of fused-ring (bicyclic) bond motifs is 1. The van der Waals surface area contributed by atoms with Crippen molar-refractivity contribution in [3.05, 3.63) is 27.6 Å². The fourth-order valence-electron chi connectivity index (χ4n) is 2.87. The fraction of sp³-hybridized carbons (Fsp3) is 0.462. The van der Waals surface area contributed by atoms with Crippen LogP contribution in [0.3, 0.4) is 0 Å². The van der Waals surface area contributed by atoms with Crippen molar-refractivity contribution in [3.8, 4) is 0 Å². The number of hydrogen-bond acceptors (Lipinski definition) is 5. The van der Waals surface area contributed by atoms with E-state index in [1.54, 1.807) is 25.3 Å². The monoisotopic (exact) mass is 326 g/mol. The second-order valence-electron chi connectivity index (χ2n) is 5.26. The summed E-state index contributed by atoms with van der Waals surface area (Å²) in [7, 11) is -1.95. The van der Waals surface area contributed by atoms with Crippen LogP contribution in [-0.2, 0) is 23.5 Å². The zero-order valence-electron chi connectivity index (χ0n) is 12.2. The average molecular weight is 326 g/mol. The quantitative estimate of drug-likeness (QED) is 0.910. The molecule has 3 rings (SSSR count). The summed E-state index contributed by atoms with van der Waals surface area (Å²) in [5.41, 5.74) is 7.48. The third-order valence-corrected chi connectivity index (χ3v) is 7.23. The topological polar surface area (TPSA) is 81.2 Å². The minimum atomic E-state index is -3.64. The van der Waals surface area contributed by atoms with Crippen molar-refractivity contribution in [1.29, 1.82) is 0 Å². The van der Waals surface area contributed by atoms with E-state index < -0.39 is 10.0 Å². The number of nitrogens with zero attached hydrogens (tertiary/aromatic N) is 3. The van der Waals surface area contributed by atoms with E-state index in [9.17, 15) is 8.42 Å². The van der Waals surface area contributed by atoms with Crippen LogP contribution in [0.2, 0.25) is 0 Å². The van der Waals surface area contributed by atoms with E-state index >= 15 is 0 Å². The number of hydrogen-bond donors (Lipinski definition) is 1. The largest absolute Gasteiger partial charge is 0.381 e. The molecule has 114 valence electrons. The van der Waals surface area contributed by atoms with E-state index in [0.717, 1.165) is 12.0 Å². The molecular weight excluding hydrogens is 308 g/mol. The number of rotatable bonds is 2. The van der Waals surface area contributed by atoms with Gasteiger partial charge in [0.25, 0.3) is 0 Å². The van der Waals surface area contributed by atoms with E-state index in [0.29, 0.717) is 12.2 Å². The van der Waals surface area contributed by atoms with Gasteiger partial charge >= 0.3 is 0 Å². The van der Waals surface area contributed by atoms with Crippen LogP contribution in [0, 0.1) is 6.92 Å². The zero-order valence-corrected chi connectivity index (χ0v) is 13.8. The highest BCUT2D eigenvalue weighted by atomic mass is 32.2. The summed E-state index contributed by atoms with van der Waals surface area (Å²) in [6.07, 6.45) is 0.746. The van der Waals surface area contributed by atoms with E-state index in [1.807, 2.05) is 18.4 Å². The van der Waals surface area contributed by atoms with Crippen molar-refractivity contribution in [1.82, 2.24) is 14.1 Å². The Labute approximate surface area is 128 Å². The summed E-state index contributed by atoms with van der Waals surface area (Å²) in [6.45, 7) is 4.12. The molecule has 1 aliphatic rings. The zero-order chi connectivity index (χ0) is 15.4. The van der Waals surface area contributed by atoms with Crippen molar-refractivity contribution in [3.63, 3.8) is 0 Å². The molecule has 0 saturated heterocycles. The number of thiophene rings is 1. The Bertz CT molecular complexity index is 791. The summed E-state index contributed by atoms with van der Waals surface area (Å²) in [5.74, 6) is 0.0679. The summed E-state index contributed by atoms with van der Waals surface area (Å²) in [4.78, 5) is 1.40. The van der Waals surface area contributed by atoms with Gasteiger partial charge in [0.2, 0.25) is 10.0 Å². The highest BCUT2D eigenvalue weighted by molar-refractivity contribution is 7.89. The van der Waals surface area contributed by atoms with Crippen molar-refractivity contribution >= 4 is 27.2 Å². The maximum Gasteiger partial charge on any atom is 0.249 e. The molecule has 0 bridgehead atoms. The van der Waals surface area contributed by atoms with Crippen LogP contribution in [0.15, 0.2) is 16.3 Å². The Morgan fingerprint density at radius 3 is 2.81 bits per heavy atom. The first-order valence-corrected chi connectivity index (χ1v) is 9.03. The molecule has 0 aromatic carbocycles. The smallest absolute Gasteiger partial charge is 0.249 e. The van der Waals surface area contributed by atoms with Crippen LogP contribution in [-0.4, -0.2) is 29.0 Å². The summed E-state index contributed by atoms with van der Waals surface area (Å²) >= 11 is 1.69. The van der Waals surface area contributed by atoms with Gasteiger partial charge in [-0.1, -0.05) is 0 Å². The van der Waals surface area contributed by atoms with Crippen LogP contribution in [0.4, 0.5) is 5.82 Å². The molecule has 0 amide bonds. The second kappa shape index (κ2) is 4.82. The maximum atomic E-state index is 13.0.